The molecule has 0 fully saturated rings. The summed E-state index contributed by atoms with van der Waals surface area (Å²) in [6, 6.07) is 26.6. The molecule has 0 saturated heterocycles. The molecule has 37 heavy (non-hydrogen) atoms. The molecule has 1 atom stereocenters. The third-order valence-corrected chi connectivity index (χ3v) is 7.73. The number of aryl methyl sites for hydroxylation is 1. The second kappa shape index (κ2) is 9.83. The number of aliphatic hydroxyl groups is 1. The van der Waals surface area contributed by atoms with E-state index in [0.717, 1.165) is 18.4 Å². The molecule has 0 aliphatic carbocycles. The van der Waals surface area contributed by atoms with Crippen molar-refractivity contribution in [3.8, 4) is 0 Å². The molecule has 0 bridgehead atoms. The number of hydrogen-bond acceptors (Lipinski definition) is 3. The Kier molecular flexibility index (Phi) is 6.23. The van der Waals surface area contributed by atoms with Crippen LogP contribution in [0.3, 0.4) is 0 Å². The predicted molar refractivity (Wildman–Crippen MR) is 148 cm³/mol. The SMILES string of the molecule is O=C(CCCc1ccc2ccc3cccc4ccc1c2c34)NC(CO)C(=O)N1CCc2ccccc2C1. The van der Waals surface area contributed by atoms with Gasteiger partial charge in [0.25, 0.3) is 0 Å². The zero-order valence-electron chi connectivity index (χ0n) is 20.7. The zero-order valence-corrected chi connectivity index (χ0v) is 20.7. The molecule has 1 aliphatic rings. The topological polar surface area (TPSA) is 69.6 Å². The third-order valence-electron chi connectivity index (χ3n) is 7.73. The number of hydrogen-bond donors (Lipinski definition) is 2. The quantitative estimate of drug-likeness (QED) is 0.317. The van der Waals surface area contributed by atoms with E-state index in [1.54, 1.807) is 4.90 Å². The van der Waals surface area contributed by atoms with Gasteiger partial charge in [-0.1, -0.05) is 78.9 Å². The van der Waals surface area contributed by atoms with Crippen LogP contribution in [-0.2, 0) is 29.0 Å². The molecule has 6 rings (SSSR count). The van der Waals surface area contributed by atoms with Crippen LogP contribution in [0.1, 0.15) is 29.5 Å². The molecule has 1 heterocycles. The molecule has 2 amide bonds. The van der Waals surface area contributed by atoms with Crippen molar-refractivity contribution >= 4 is 44.1 Å². The van der Waals surface area contributed by atoms with Crippen LogP contribution in [0.4, 0.5) is 0 Å². The summed E-state index contributed by atoms with van der Waals surface area (Å²) in [6.45, 7) is 0.699. The molecule has 0 saturated carbocycles. The summed E-state index contributed by atoms with van der Waals surface area (Å²) >= 11 is 0. The minimum Gasteiger partial charge on any atom is -0.394 e. The second-order valence-electron chi connectivity index (χ2n) is 10.0. The van der Waals surface area contributed by atoms with Crippen LogP contribution in [0.15, 0.2) is 78.9 Å². The molecule has 5 aromatic carbocycles. The molecule has 0 radical (unpaired) electrons. The Morgan fingerprint density at radius 2 is 1.54 bits per heavy atom. The van der Waals surface area contributed by atoms with Gasteiger partial charge in [-0.25, -0.2) is 0 Å². The first-order valence-corrected chi connectivity index (χ1v) is 13.0. The van der Waals surface area contributed by atoms with Crippen LogP contribution in [-0.4, -0.2) is 41.0 Å². The van der Waals surface area contributed by atoms with Crippen molar-refractivity contribution < 1.29 is 14.7 Å². The largest absolute Gasteiger partial charge is 0.394 e. The highest BCUT2D eigenvalue weighted by Crippen LogP contribution is 2.36. The molecule has 0 aromatic heterocycles. The average molecular weight is 491 g/mol. The first kappa shape index (κ1) is 23.4. The van der Waals surface area contributed by atoms with E-state index in [2.05, 4.69) is 66.0 Å². The second-order valence-corrected chi connectivity index (χ2v) is 10.0. The van der Waals surface area contributed by atoms with Crippen molar-refractivity contribution in [3.63, 3.8) is 0 Å². The number of carbonyl (C=O) groups is 2. The maximum atomic E-state index is 13.0. The maximum absolute atomic E-state index is 13.0. The van der Waals surface area contributed by atoms with Gasteiger partial charge >= 0.3 is 0 Å². The van der Waals surface area contributed by atoms with Crippen LogP contribution in [0.25, 0.3) is 32.3 Å². The van der Waals surface area contributed by atoms with E-state index in [9.17, 15) is 14.7 Å². The van der Waals surface area contributed by atoms with Gasteiger partial charge in [0.1, 0.15) is 6.04 Å². The number of aliphatic hydroxyl groups excluding tert-OH is 1. The molecular formula is C32H30N2O3. The zero-order chi connectivity index (χ0) is 25.4. The average Bonchev–Trinajstić information content (AvgIpc) is 2.94. The highest BCUT2D eigenvalue weighted by Gasteiger charge is 2.28. The standard InChI is InChI=1S/C32H30N2O3/c35-20-28(32(37)34-18-17-21-5-1-2-6-26(21)19-34)33-29(36)10-4-7-22-11-12-25-14-13-23-8-3-9-24-15-16-27(22)31(25)30(23)24/h1-3,5-6,8-9,11-16,28,35H,4,7,10,17-20H2,(H,33,36). The van der Waals surface area contributed by atoms with Crippen molar-refractivity contribution in [2.75, 3.05) is 13.2 Å². The Balaban J connectivity index is 1.10. The van der Waals surface area contributed by atoms with Gasteiger partial charge in [-0.3, -0.25) is 9.59 Å². The number of fused-ring (bicyclic) bond motifs is 1. The Bertz CT molecular complexity index is 1590. The molecule has 5 nitrogen and oxygen atoms in total. The summed E-state index contributed by atoms with van der Waals surface area (Å²) in [5.74, 6) is -0.431. The first-order valence-electron chi connectivity index (χ1n) is 13.0. The molecule has 1 unspecified atom stereocenters. The van der Waals surface area contributed by atoms with Crippen molar-refractivity contribution in [3.05, 3.63) is 95.6 Å². The van der Waals surface area contributed by atoms with Gasteiger partial charge in [-0.05, 0) is 68.3 Å². The van der Waals surface area contributed by atoms with E-state index >= 15 is 0 Å². The summed E-state index contributed by atoms with van der Waals surface area (Å²) in [7, 11) is 0. The lowest BCUT2D eigenvalue weighted by molar-refractivity contribution is -0.138. The smallest absolute Gasteiger partial charge is 0.247 e. The summed E-state index contributed by atoms with van der Waals surface area (Å²) in [5.41, 5.74) is 3.60. The molecular weight excluding hydrogens is 460 g/mol. The maximum Gasteiger partial charge on any atom is 0.247 e. The normalized spacial score (nSPS) is 14.2. The Morgan fingerprint density at radius 3 is 2.32 bits per heavy atom. The number of benzene rings is 5. The van der Waals surface area contributed by atoms with Crippen molar-refractivity contribution in [1.82, 2.24) is 10.2 Å². The molecule has 1 aliphatic heterocycles. The summed E-state index contributed by atoms with van der Waals surface area (Å²) in [4.78, 5) is 27.5. The first-order chi connectivity index (χ1) is 18.1. The fourth-order valence-electron chi connectivity index (χ4n) is 5.81. The van der Waals surface area contributed by atoms with Crippen LogP contribution >= 0.6 is 0 Å². The molecule has 5 heteroatoms. The molecule has 2 N–H and O–H groups in total. The highest BCUT2D eigenvalue weighted by atomic mass is 16.3. The van der Waals surface area contributed by atoms with E-state index in [1.165, 1.54) is 43.4 Å². The fraction of sp³-hybridized carbons (Fsp3) is 0.250. The van der Waals surface area contributed by atoms with Crippen LogP contribution < -0.4 is 5.32 Å². The van der Waals surface area contributed by atoms with Gasteiger partial charge < -0.3 is 15.3 Å². The van der Waals surface area contributed by atoms with Gasteiger partial charge in [0.2, 0.25) is 11.8 Å². The van der Waals surface area contributed by atoms with Crippen molar-refractivity contribution in [2.24, 2.45) is 0 Å². The highest BCUT2D eigenvalue weighted by molar-refractivity contribution is 6.23. The van der Waals surface area contributed by atoms with Crippen LogP contribution in [0.5, 0.6) is 0 Å². The molecule has 0 spiro atoms. The van der Waals surface area contributed by atoms with E-state index in [4.69, 9.17) is 0 Å². The van der Waals surface area contributed by atoms with E-state index in [-0.39, 0.29) is 11.8 Å². The summed E-state index contributed by atoms with van der Waals surface area (Å²) in [6.07, 6.45) is 2.52. The number of nitrogens with one attached hydrogen (secondary N) is 1. The van der Waals surface area contributed by atoms with Gasteiger partial charge in [0.15, 0.2) is 0 Å². The third kappa shape index (κ3) is 4.40. The molecule has 5 aromatic rings. The van der Waals surface area contributed by atoms with Gasteiger partial charge in [0, 0.05) is 19.5 Å². The number of amides is 2. The monoisotopic (exact) mass is 490 g/mol. The fourth-order valence-corrected chi connectivity index (χ4v) is 5.81. The van der Waals surface area contributed by atoms with Crippen LogP contribution in [0, 0.1) is 0 Å². The lowest BCUT2D eigenvalue weighted by Crippen LogP contribution is -2.51. The van der Waals surface area contributed by atoms with Crippen molar-refractivity contribution in [2.45, 2.75) is 38.3 Å². The number of nitrogens with zero attached hydrogens (tertiary/aromatic N) is 1. The lowest BCUT2D eigenvalue weighted by atomic mass is 9.90. The lowest BCUT2D eigenvalue weighted by Gasteiger charge is -2.31. The van der Waals surface area contributed by atoms with E-state index in [0.29, 0.717) is 25.9 Å². The Hall–Kier alpha value is -3.96. The van der Waals surface area contributed by atoms with Crippen molar-refractivity contribution in [1.29, 1.82) is 0 Å². The summed E-state index contributed by atoms with van der Waals surface area (Å²) in [5, 5.41) is 20.2. The van der Waals surface area contributed by atoms with E-state index < -0.39 is 12.6 Å². The number of rotatable bonds is 7. The minimum atomic E-state index is -0.910. The van der Waals surface area contributed by atoms with Gasteiger partial charge in [-0.15, -0.1) is 0 Å². The van der Waals surface area contributed by atoms with Crippen LogP contribution in [0.2, 0.25) is 0 Å². The van der Waals surface area contributed by atoms with E-state index in [1.807, 2.05) is 18.2 Å². The molecule has 186 valence electrons. The minimum absolute atomic E-state index is 0.206. The Labute approximate surface area is 216 Å². The summed E-state index contributed by atoms with van der Waals surface area (Å²) < 4.78 is 0. The Morgan fingerprint density at radius 1 is 0.838 bits per heavy atom. The van der Waals surface area contributed by atoms with Gasteiger partial charge in [0.05, 0.1) is 6.61 Å². The predicted octanol–water partition coefficient (Wildman–Crippen LogP) is 4.97. The number of carbonyl (C=O) groups excluding carboxylic acids is 2. The van der Waals surface area contributed by atoms with Gasteiger partial charge in [-0.2, -0.15) is 0 Å².